The van der Waals surface area contributed by atoms with Gasteiger partial charge < -0.3 is 15.7 Å². The lowest BCUT2D eigenvalue weighted by atomic mass is 10.1. The number of benzene rings is 1. The Morgan fingerprint density at radius 2 is 1.94 bits per heavy atom. The minimum absolute atomic E-state index is 0.0170. The van der Waals surface area contributed by atoms with Gasteiger partial charge in [0.1, 0.15) is 0 Å². The van der Waals surface area contributed by atoms with Crippen LogP contribution in [-0.2, 0) is 0 Å². The quantitative estimate of drug-likeness (QED) is 0.533. The first-order chi connectivity index (χ1) is 8.43. The van der Waals surface area contributed by atoms with E-state index in [2.05, 4.69) is 10.6 Å². The molecule has 18 heavy (non-hydrogen) atoms. The zero-order valence-electron chi connectivity index (χ0n) is 10.8. The number of hydrogen-bond acceptors (Lipinski definition) is 5. The SMILES string of the molecule is CNc1cc(NCC(O)C(C)C)cc([N+](=O)[O-])c1. The van der Waals surface area contributed by atoms with E-state index in [4.69, 9.17) is 0 Å². The fourth-order valence-electron chi connectivity index (χ4n) is 1.42. The highest BCUT2D eigenvalue weighted by molar-refractivity contribution is 5.63. The van der Waals surface area contributed by atoms with Crippen LogP contribution in [0.3, 0.4) is 0 Å². The summed E-state index contributed by atoms with van der Waals surface area (Å²) in [5.41, 5.74) is 1.29. The van der Waals surface area contributed by atoms with Gasteiger partial charge in [-0.25, -0.2) is 0 Å². The third-order valence-electron chi connectivity index (χ3n) is 2.70. The number of aliphatic hydroxyl groups excluding tert-OH is 1. The predicted molar refractivity (Wildman–Crippen MR) is 72.0 cm³/mol. The standard InChI is InChI=1S/C12H19N3O3/c1-8(2)12(16)7-14-10-4-9(13-3)5-11(6-10)15(17)18/h4-6,8,12-14,16H,7H2,1-3H3. The number of nitro benzene ring substituents is 1. The van der Waals surface area contributed by atoms with E-state index in [-0.39, 0.29) is 11.6 Å². The van der Waals surface area contributed by atoms with Gasteiger partial charge in [-0.3, -0.25) is 10.1 Å². The van der Waals surface area contributed by atoms with Gasteiger partial charge in [0.05, 0.1) is 11.0 Å². The largest absolute Gasteiger partial charge is 0.391 e. The summed E-state index contributed by atoms with van der Waals surface area (Å²) in [7, 11) is 1.70. The molecule has 0 bridgehead atoms. The van der Waals surface area contributed by atoms with E-state index in [1.54, 1.807) is 13.1 Å². The maximum absolute atomic E-state index is 10.8. The van der Waals surface area contributed by atoms with Gasteiger partial charge in [-0.1, -0.05) is 13.8 Å². The van der Waals surface area contributed by atoms with Crippen molar-refractivity contribution in [1.82, 2.24) is 0 Å². The molecule has 6 nitrogen and oxygen atoms in total. The van der Waals surface area contributed by atoms with E-state index in [1.807, 2.05) is 13.8 Å². The van der Waals surface area contributed by atoms with E-state index in [9.17, 15) is 15.2 Å². The summed E-state index contributed by atoms with van der Waals surface area (Å²) in [6.45, 7) is 4.19. The van der Waals surface area contributed by atoms with Gasteiger partial charge in [0, 0.05) is 37.1 Å². The summed E-state index contributed by atoms with van der Waals surface area (Å²) in [6, 6.07) is 4.68. The van der Waals surface area contributed by atoms with Crippen molar-refractivity contribution in [2.24, 2.45) is 5.92 Å². The van der Waals surface area contributed by atoms with Crippen molar-refractivity contribution in [3.63, 3.8) is 0 Å². The van der Waals surface area contributed by atoms with Crippen LogP contribution in [-0.4, -0.2) is 29.7 Å². The van der Waals surface area contributed by atoms with E-state index in [1.165, 1.54) is 12.1 Å². The molecule has 1 rings (SSSR count). The van der Waals surface area contributed by atoms with E-state index >= 15 is 0 Å². The van der Waals surface area contributed by atoms with Gasteiger partial charge in [0.15, 0.2) is 0 Å². The topological polar surface area (TPSA) is 87.4 Å². The Labute approximate surface area is 106 Å². The molecule has 1 aromatic carbocycles. The molecule has 0 aliphatic carbocycles. The second kappa shape index (κ2) is 6.20. The molecule has 0 aliphatic heterocycles. The van der Waals surface area contributed by atoms with Crippen LogP contribution in [0.2, 0.25) is 0 Å². The Balaban J connectivity index is 2.81. The molecular formula is C12H19N3O3. The van der Waals surface area contributed by atoms with Crippen molar-refractivity contribution >= 4 is 17.1 Å². The molecule has 100 valence electrons. The smallest absolute Gasteiger partial charge is 0.273 e. The molecule has 0 heterocycles. The monoisotopic (exact) mass is 253 g/mol. The van der Waals surface area contributed by atoms with Gasteiger partial charge in [0.25, 0.3) is 5.69 Å². The first-order valence-corrected chi connectivity index (χ1v) is 5.83. The third-order valence-corrected chi connectivity index (χ3v) is 2.70. The van der Waals surface area contributed by atoms with Crippen molar-refractivity contribution in [3.8, 4) is 0 Å². The molecule has 0 fully saturated rings. The fourth-order valence-corrected chi connectivity index (χ4v) is 1.42. The Morgan fingerprint density at radius 3 is 2.44 bits per heavy atom. The lowest BCUT2D eigenvalue weighted by molar-refractivity contribution is -0.384. The fraction of sp³-hybridized carbons (Fsp3) is 0.500. The second-order valence-corrected chi connectivity index (χ2v) is 4.47. The van der Waals surface area contributed by atoms with Crippen LogP contribution in [0.15, 0.2) is 18.2 Å². The minimum Gasteiger partial charge on any atom is -0.391 e. The lowest BCUT2D eigenvalue weighted by Crippen LogP contribution is -2.24. The van der Waals surface area contributed by atoms with Crippen molar-refractivity contribution in [3.05, 3.63) is 28.3 Å². The molecule has 0 saturated carbocycles. The van der Waals surface area contributed by atoms with Gasteiger partial charge in [-0.05, 0) is 12.0 Å². The zero-order chi connectivity index (χ0) is 13.7. The van der Waals surface area contributed by atoms with Crippen LogP contribution in [0, 0.1) is 16.0 Å². The van der Waals surface area contributed by atoms with E-state index < -0.39 is 11.0 Å². The predicted octanol–water partition coefficient (Wildman–Crippen LogP) is 2.07. The molecule has 6 heteroatoms. The highest BCUT2D eigenvalue weighted by Gasteiger charge is 2.12. The van der Waals surface area contributed by atoms with Crippen molar-refractivity contribution in [1.29, 1.82) is 0 Å². The molecule has 0 saturated heterocycles. The highest BCUT2D eigenvalue weighted by Crippen LogP contribution is 2.24. The maximum atomic E-state index is 10.8. The number of nitrogens with one attached hydrogen (secondary N) is 2. The second-order valence-electron chi connectivity index (χ2n) is 4.47. The number of hydrogen-bond donors (Lipinski definition) is 3. The molecule has 0 radical (unpaired) electrons. The van der Waals surface area contributed by atoms with Crippen LogP contribution in [0.25, 0.3) is 0 Å². The van der Waals surface area contributed by atoms with Crippen LogP contribution in [0.1, 0.15) is 13.8 Å². The number of non-ortho nitro benzene ring substituents is 1. The number of aliphatic hydroxyl groups is 1. The number of rotatable bonds is 6. The summed E-state index contributed by atoms with van der Waals surface area (Å²) in [6.07, 6.45) is -0.484. The molecule has 1 unspecified atom stereocenters. The molecule has 0 amide bonds. The minimum atomic E-state index is -0.484. The highest BCUT2D eigenvalue weighted by atomic mass is 16.6. The molecular weight excluding hydrogens is 234 g/mol. The van der Waals surface area contributed by atoms with Gasteiger partial charge in [-0.15, -0.1) is 0 Å². The van der Waals surface area contributed by atoms with Crippen LogP contribution >= 0.6 is 0 Å². The summed E-state index contributed by atoms with van der Waals surface area (Å²) in [5.74, 6) is 0.139. The third kappa shape index (κ3) is 3.89. The first kappa shape index (κ1) is 14.2. The summed E-state index contributed by atoms with van der Waals surface area (Å²) >= 11 is 0. The van der Waals surface area contributed by atoms with E-state index in [0.29, 0.717) is 17.9 Å². The zero-order valence-corrected chi connectivity index (χ0v) is 10.8. The molecule has 0 aromatic heterocycles. The van der Waals surface area contributed by atoms with E-state index in [0.717, 1.165) is 0 Å². The number of nitrogens with zero attached hydrogens (tertiary/aromatic N) is 1. The Morgan fingerprint density at radius 1 is 1.33 bits per heavy atom. The van der Waals surface area contributed by atoms with Crippen molar-refractivity contribution < 1.29 is 10.0 Å². The average Bonchev–Trinajstić information content (AvgIpc) is 2.35. The van der Waals surface area contributed by atoms with Crippen LogP contribution in [0.5, 0.6) is 0 Å². The normalized spacial score (nSPS) is 12.3. The van der Waals surface area contributed by atoms with Crippen molar-refractivity contribution in [2.45, 2.75) is 20.0 Å². The average molecular weight is 253 g/mol. The van der Waals surface area contributed by atoms with Crippen LogP contribution in [0.4, 0.5) is 17.1 Å². The summed E-state index contributed by atoms with van der Waals surface area (Å²) in [4.78, 5) is 10.3. The molecule has 0 spiro atoms. The molecule has 1 atom stereocenters. The maximum Gasteiger partial charge on any atom is 0.273 e. The Hall–Kier alpha value is -1.82. The lowest BCUT2D eigenvalue weighted by Gasteiger charge is -2.16. The summed E-state index contributed by atoms with van der Waals surface area (Å²) in [5, 5.41) is 26.3. The van der Waals surface area contributed by atoms with Gasteiger partial charge in [-0.2, -0.15) is 0 Å². The number of nitro groups is 1. The van der Waals surface area contributed by atoms with Gasteiger partial charge >= 0.3 is 0 Å². The van der Waals surface area contributed by atoms with Crippen LogP contribution < -0.4 is 10.6 Å². The Kier molecular flexibility index (Phi) is 4.91. The molecule has 0 aliphatic rings. The Bertz CT molecular complexity index is 421. The van der Waals surface area contributed by atoms with Crippen molar-refractivity contribution in [2.75, 3.05) is 24.2 Å². The first-order valence-electron chi connectivity index (χ1n) is 5.83. The van der Waals surface area contributed by atoms with Gasteiger partial charge in [0.2, 0.25) is 0 Å². The molecule has 3 N–H and O–H groups in total. The molecule has 1 aromatic rings. The summed E-state index contributed by atoms with van der Waals surface area (Å²) < 4.78 is 0. The number of anilines is 2.